The second-order valence-corrected chi connectivity index (χ2v) is 7.32. The summed E-state index contributed by atoms with van der Waals surface area (Å²) in [4.78, 5) is 0. The van der Waals surface area contributed by atoms with Crippen LogP contribution in [0.15, 0.2) is 30.3 Å². The molecule has 1 aromatic rings. The number of unbranched alkanes of at least 4 members (excludes halogenated alkanes) is 9. The van der Waals surface area contributed by atoms with Gasteiger partial charge < -0.3 is 0 Å². The Labute approximate surface area is 146 Å². The molecule has 0 bridgehead atoms. The van der Waals surface area contributed by atoms with Crippen molar-refractivity contribution in [2.75, 3.05) is 0 Å². The van der Waals surface area contributed by atoms with Crippen molar-refractivity contribution in [3.63, 3.8) is 0 Å². The van der Waals surface area contributed by atoms with E-state index in [4.69, 9.17) is 0 Å². The Kier molecular flexibility index (Phi) is 13.0. The normalized spacial score (nSPS) is 12.4. The third kappa shape index (κ3) is 11.4. The van der Waals surface area contributed by atoms with E-state index in [1.807, 2.05) is 0 Å². The Bertz CT molecular complexity index is 340. The molecule has 0 aliphatic carbocycles. The van der Waals surface area contributed by atoms with Crippen molar-refractivity contribution >= 4 is 0 Å². The topological polar surface area (TPSA) is 0 Å². The van der Waals surface area contributed by atoms with E-state index in [-0.39, 0.29) is 0 Å². The summed E-state index contributed by atoms with van der Waals surface area (Å²) >= 11 is 0. The maximum absolute atomic E-state index is 2.32. The minimum absolute atomic E-state index is 0.905. The molecule has 0 radical (unpaired) electrons. The Morgan fingerprint density at radius 2 is 1.13 bits per heavy atom. The summed E-state index contributed by atoms with van der Waals surface area (Å²) in [5, 5.41) is 0. The lowest BCUT2D eigenvalue weighted by Crippen LogP contribution is -2.05. The molecule has 0 spiro atoms. The molecule has 132 valence electrons. The smallest absolute Gasteiger partial charge is 0.0250 e. The maximum atomic E-state index is 2.32. The van der Waals surface area contributed by atoms with Crippen LogP contribution in [0.25, 0.3) is 0 Å². The highest BCUT2D eigenvalue weighted by Crippen LogP contribution is 2.22. The van der Waals surface area contributed by atoms with Crippen LogP contribution in [0.2, 0.25) is 0 Å². The fraction of sp³-hybridized carbons (Fsp3) is 0.739. The molecule has 0 fully saturated rings. The Balaban J connectivity index is 2.11. The van der Waals surface area contributed by atoms with Crippen molar-refractivity contribution in [2.24, 2.45) is 5.92 Å². The van der Waals surface area contributed by atoms with E-state index in [1.165, 1.54) is 95.5 Å². The minimum atomic E-state index is 0.905. The maximum Gasteiger partial charge on any atom is -0.0250 e. The van der Waals surface area contributed by atoms with Gasteiger partial charge in [-0.25, -0.2) is 0 Å². The van der Waals surface area contributed by atoms with E-state index in [2.05, 4.69) is 44.2 Å². The Morgan fingerprint density at radius 1 is 0.609 bits per heavy atom. The van der Waals surface area contributed by atoms with Gasteiger partial charge in [0.25, 0.3) is 0 Å². The van der Waals surface area contributed by atoms with Crippen LogP contribution < -0.4 is 0 Å². The summed E-state index contributed by atoms with van der Waals surface area (Å²) < 4.78 is 0. The van der Waals surface area contributed by atoms with Crippen LogP contribution in [-0.2, 0) is 6.42 Å². The molecule has 0 amide bonds. The predicted molar refractivity (Wildman–Crippen MR) is 105 cm³/mol. The molecule has 0 aromatic heterocycles. The summed E-state index contributed by atoms with van der Waals surface area (Å²) in [6.07, 6.45) is 19.8. The van der Waals surface area contributed by atoms with Crippen LogP contribution in [0.3, 0.4) is 0 Å². The molecule has 1 unspecified atom stereocenters. The van der Waals surface area contributed by atoms with Crippen LogP contribution in [0.4, 0.5) is 0 Å². The van der Waals surface area contributed by atoms with Crippen molar-refractivity contribution in [1.82, 2.24) is 0 Å². The monoisotopic (exact) mass is 316 g/mol. The van der Waals surface area contributed by atoms with Gasteiger partial charge in [0, 0.05) is 0 Å². The van der Waals surface area contributed by atoms with Gasteiger partial charge in [0.15, 0.2) is 0 Å². The number of benzene rings is 1. The van der Waals surface area contributed by atoms with E-state index < -0.39 is 0 Å². The SMILES string of the molecule is CCCCCCCCCCCC(CCCC)Cc1ccccc1. The molecule has 1 atom stereocenters. The molecule has 0 heteroatoms. The van der Waals surface area contributed by atoms with Gasteiger partial charge in [-0.3, -0.25) is 0 Å². The molecular formula is C23H40. The average molecular weight is 317 g/mol. The molecule has 0 N–H and O–H groups in total. The zero-order valence-corrected chi connectivity index (χ0v) is 15.9. The summed E-state index contributed by atoms with van der Waals surface area (Å²) in [5.41, 5.74) is 1.53. The van der Waals surface area contributed by atoms with E-state index in [0.29, 0.717) is 0 Å². The first-order valence-electron chi connectivity index (χ1n) is 10.4. The second-order valence-electron chi connectivity index (χ2n) is 7.32. The third-order valence-electron chi connectivity index (χ3n) is 5.05. The molecule has 0 saturated heterocycles. The quantitative estimate of drug-likeness (QED) is 0.288. The van der Waals surface area contributed by atoms with Gasteiger partial charge >= 0.3 is 0 Å². The standard InChI is InChI=1S/C23H40/c1-3-5-7-8-9-10-11-12-14-18-22(17-6-4-2)21-23-19-15-13-16-20-23/h13,15-16,19-20,22H,3-12,14,17-18,21H2,1-2H3. The molecule has 0 aliphatic rings. The number of rotatable bonds is 15. The van der Waals surface area contributed by atoms with Crippen molar-refractivity contribution in [3.8, 4) is 0 Å². The van der Waals surface area contributed by atoms with Crippen LogP contribution in [0.1, 0.15) is 103 Å². The van der Waals surface area contributed by atoms with E-state index >= 15 is 0 Å². The zero-order chi connectivity index (χ0) is 16.6. The highest BCUT2D eigenvalue weighted by atomic mass is 14.1. The first-order valence-corrected chi connectivity index (χ1v) is 10.4. The average Bonchev–Trinajstić information content (AvgIpc) is 2.59. The fourth-order valence-electron chi connectivity index (χ4n) is 3.53. The van der Waals surface area contributed by atoms with Crippen molar-refractivity contribution < 1.29 is 0 Å². The largest absolute Gasteiger partial charge is 0.0654 e. The highest BCUT2D eigenvalue weighted by Gasteiger charge is 2.09. The number of hydrogen-bond acceptors (Lipinski definition) is 0. The Hall–Kier alpha value is -0.780. The lowest BCUT2D eigenvalue weighted by atomic mass is 9.89. The van der Waals surface area contributed by atoms with Crippen molar-refractivity contribution in [3.05, 3.63) is 35.9 Å². The van der Waals surface area contributed by atoms with Crippen molar-refractivity contribution in [1.29, 1.82) is 0 Å². The van der Waals surface area contributed by atoms with Crippen LogP contribution in [0.5, 0.6) is 0 Å². The number of hydrogen-bond donors (Lipinski definition) is 0. The summed E-state index contributed by atoms with van der Waals surface area (Å²) in [6.45, 7) is 4.61. The van der Waals surface area contributed by atoms with Gasteiger partial charge in [-0.15, -0.1) is 0 Å². The lowest BCUT2D eigenvalue weighted by molar-refractivity contribution is 0.408. The van der Waals surface area contributed by atoms with Gasteiger partial charge in [0.05, 0.1) is 0 Å². The summed E-state index contributed by atoms with van der Waals surface area (Å²) in [6, 6.07) is 11.1. The van der Waals surface area contributed by atoms with Crippen molar-refractivity contribution in [2.45, 2.75) is 104 Å². The van der Waals surface area contributed by atoms with Gasteiger partial charge in [0.2, 0.25) is 0 Å². The molecular weight excluding hydrogens is 276 g/mol. The van der Waals surface area contributed by atoms with Gasteiger partial charge in [-0.2, -0.15) is 0 Å². The second kappa shape index (κ2) is 14.8. The van der Waals surface area contributed by atoms with Gasteiger partial charge in [-0.05, 0) is 17.9 Å². The first-order chi connectivity index (χ1) is 11.4. The molecule has 0 nitrogen and oxygen atoms in total. The minimum Gasteiger partial charge on any atom is -0.0654 e. The van der Waals surface area contributed by atoms with E-state index in [1.54, 1.807) is 0 Å². The summed E-state index contributed by atoms with van der Waals surface area (Å²) in [5.74, 6) is 0.905. The highest BCUT2D eigenvalue weighted by molar-refractivity contribution is 5.15. The molecule has 0 heterocycles. The first kappa shape index (κ1) is 20.3. The van der Waals surface area contributed by atoms with Crippen LogP contribution >= 0.6 is 0 Å². The third-order valence-corrected chi connectivity index (χ3v) is 5.05. The molecule has 1 rings (SSSR count). The van der Waals surface area contributed by atoms with Crippen LogP contribution in [0, 0.1) is 5.92 Å². The zero-order valence-electron chi connectivity index (χ0n) is 15.9. The molecule has 1 aromatic carbocycles. The van der Waals surface area contributed by atoms with Gasteiger partial charge in [-0.1, -0.05) is 128 Å². The van der Waals surface area contributed by atoms with Crippen LogP contribution in [-0.4, -0.2) is 0 Å². The fourth-order valence-corrected chi connectivity index (χ4v) is 3.53. The lowest BCUT2D eigenvalue weighted by Gasteiger charge is -2.16. The molecule has 0 saturated carbocycles. The predicted octanol–water partition coefficient (Wildman–Crippen LogP) is 7.96. The van der Waals surface area contributed by atoms with E-state index in [9.17, 15) is 0 Å². The van der Waals surface area contributed by atoms with Gasteiger partial charge in [0.1, 0.15) is 0 Å². The Morgan fingerprint density at radius 3 is 1.74 bits per heavy atom. The van der Waals surface area contributed by atoms with E-state index in [0.717, 1.165) is 5.92 Å². The molecule has 23 heavy (non-hydrogen) atoms. The summed E-state index contributed by atoms with van der Waals surface area (Å²) in [7, 11) is 0. The molecule has 0 aliphatic heterocycles.